The third kappa shape index (κ3) is 2.45. The van der Waals surface area contributed by atoms with Crippen LogP contribution in [0.1, 0.15) is 11.9 Å². The monoisotopic (exact) mass is 262 g/mol. The maximum Gasteiger partial charge on any atom is 0.245 e. The minimum Gasteiger partial charge on any atom is -0.353 e. The zero-order chi connectivity index (χ0) is 13.2. The minimum absolute atomic E-state index is 0.0684. The van der Waals surface area contributed by atoms with Crippen LogP contribution in [-0.2, 0) is 4.79 Å². The number of halogens is 1. The van der Waals surface area contributed by atoms with E-state index in [-0.39, 0.29) is 24.3 Å². The molecule has 0 radical (unpaired) electrons. The van der Waals surface area contributed by atoms with Crippen molar-refractivity contribution in [3.8, 4) is 11.4 Å². The Hall–Kier alpha value is -2.28. The number of carbonyl (C=O) groups is 1. The molecule has 7 heteroatoms. The Labute approximate surface area is 108 Å². The molecule has 98 valence electrons. The molecule has 2 aromatic rings. The van der Waals surface area contributed by atoms with Gasteiger partial charge in [0.25, 0.3) is 0 Å². The maximum absolute atomic E-state index is 13.1. The highest BCUT2D eigenvalue weighted by Gasteiger charge is 2.24. The van der Waals surface area contributed by atoms with Crippen molar-refractivity contribution >= 4 is 5.91 Å². The normalized spacial score (nSPS) is 19.2. The molecular weight excluding hydrogens is 251 g/mol. The molecule has 2 N–H and O–H groups in total. The number of hydrogen-bond donors (Lipinski definition) is 2. The molecule has 3 rings (SSSR count). The van der Waals surface area contributed by atoms with E-state index >= 15 is 0 Å². The molecule has 1 fully saturated rings. The average Bonchev–Trinajstić information content (AvgIpc) is 2.89. The summed E-state index contributed by atoms with van der Waals surface area (Å²) in [5.74, 6) is 0.278. The highest BCUT2D eigenvalue weighted by Crippen LogP contribution is 2.19. The van der Waals surface area contributed by atoms with Crippen molar-refractivity contribution in [2.75, 3.05) is 13.1 Å². The summed E-state index contributed by atoms with van der Waals surface area (Å²) >= 11 is 0. The Balaban J connectivity index is 1.81. The minimum atomic E-state index is -0.355. The van der Waals surface area contributed by atoms with Gasteiger partial charge in [0.05, 0.1) is 6.54 Å². The van der Waals surface area contributed by atoms with Crippen molar-refractivity contribution in [2.45, 2.75) is 6.04 Å². The van der Waals surface area contributed by atoms with Gasteiger partial charge in [-0.1, -0.05) is 17.3 Å². The highest BCUT2D eigenvalue weighted by molar-refractivity contribution is 5.78. The predicted octanol–water partition coefficient (Wildman–Crippen LogP) is 0.636. The predicted molar refractivity (Wildman–Crippen MR) is 63.4 cm³/mol. The SMILES string of the molecule is O=C1CNC(c2nc(-c3cccc(F)c3)no2)CN1. The number of nitrogens with zero attached hydrogens (tertiary/aromatic N) is 2. The van der Waals surface area contributed by atoms with Gasteiger partial charge in [0, 0.05) is 12.1 Å². The van der Waals surface area contributed by atoms with E-state index in [2.05, 4.69) is 20.8 Å². The lowest BCUT2D eigenvalue weighted by atomic mass is 10.2. The summed E-state index contributed by atoms with van der Waals surface area (Å²) in [5.41, 5.74) is 0.551. The molecule has 0 bridgehead atoms. The van der Waals surface area contributed by atoms with E-state index in [4.69, 9.17) is 4.52 Å². The number of hydrogen-bond acceptors (Lipinski definition) is 5. The first kappa shape index (κ1) is 11.8. The van der Waals surface area contributed by atoms with Gasteiger partial charge in [-0.2, -0.15) is 4.98 Å². The van der Waals surface area contributed by atoms with Gasteiger partial charge in [-0.25, -0.2) is 4.39 Å². The molecule has 19 heavy (non-hydrogen) atoms. The van der Waals surface area contributed by atoms with E-state index in [0.717, 1.165) is 0 Å². The molecule has 1 saturated heterocycles. The molecule has 0 spiro atoms. The molecule has 1 aliphatic heterocycles. The van der Waals surface area contributed by atoms with E-state index in [9.17, 15) is 9.18 Å². The van der Waals surface area contributed by atoms with Gasteiger partial charge < -0.3 is 9.84 Å². The smallest absolute Gasteiger partial charge is 0.245 e. The van der Waals surface area contributed by atoms with Crippen LogP contribution in [0.4, 0.5) is 4.39 Å². The second-order valence-electron chi connectivity index (χ2n) is 4.20. The second kappa shape index (κ2) is 4.77. The van der Waals surface area contributed by atoms with Crippen LogP contribution in [0.15, 0.2) is 28.8 Å². The summed E-state index contributed by atoms with van der Waals surface area (Å²) in [6.07, 6.45) is 0. The largest absolute Gasteiger partial charge is 0.353 e. The Bertz CT molecular complexity index is 603. The highest BCUT2D eigenvalue weighted by atomic mass is 19.1. The van der Waals surface area contributed by atoms with Gasteiger partial charge in [-0.3, -0.25) is 10.1 Å². The standard InChI is InChI=1S/C12H11FN4O2/c13-8-3-1-2-7(4-8)11-16-12(19-17-11)9-5-15-10(18)6-14-9/h1-4,9,14H,5-6H2,(H,15,18). The molecule has 1 aliphatic rings. The van der Waals surface area contributed by atoms with Gasteiger partial charge in [0.15, 0.2) is 0 Å². The van der Waals surface area contributed by atoms with E-state index in [1.165, 1.54) is 12.1 Å². The number of nitrogens with one attached hydrogen (secondary N) is 2. The molecule has 1 amide bonds. The number of benzene rings is 1. The van der Waals surface area contributed by atoms with Crippen LogP contribution in [0.3, 0.4) is 0 Å². The number of rotatable bonds is 2. The van der Waals surface area contributed by atoms with Crippen LogP contribution >= 0.6 is 0 Å². The third-order valence-electron chi connectivity index (χ3n) is 2.84. The topological polar surface area (TPSA) is 80.1 Å². The molecular formula is C12H11FN4O2. The molecule has 1 aromatic carbocycles. The van der Waals surface area contributed by atoms with Gasteiger partial charge in [0.2, 0.25) is 17.6 Å². The summed E-state index contributed by atoms with van der Waals surface area (Å²) in [6.45, 7) is 0.603. The third-order valence-corrected chi connectivity index (χ3v) is 2.84. The summed E-state index contributed by atoms with van der Waals surface area (Å²) in [6, 6.07) is 5.76. The van der Waals surface area contributed by atoms with Crippen molar-refractivity contribution in [1.29, 1.82) is 0 Å². The first-order chi connectivity index (χ1) is 9.22. The molecule has 0 aliphatic carbocycles. The summed E-state index contributed by atoms with van der Waals surface area (Å²) < 4.78 is 18.2. The van der Waals surface area contributed by atoms with Crippen LogP contribution in [0.25, 0.3) is 11.4 Å². The van der Waals surface area contributed by atoms with Gasteiger partial charge in [-0.15, -0.1) is 0 Å². The van der Waals surface area contributed by atoms with Gasteiger partial charge in [-0.05, 0) is 12.1 Å². The maximum atomic E-state index is 13.1. The molecule has 1 atom stereocenters. The summed E-state index contributed by atoms with van der Waals surface area (Å²) in [5, 5.41) is 9.49. The van der Waals surface area contributed by atoms with Crippen molar-refractivity contribution in [3.63, 3.8) is 0 Å². The lowest BCUT2D eigenvalue weighted by Crippen LogP contribution is -2.47. The first-order valence-electron chi connectivity index (χ1n) is 5.82. The Morgan fingerprint density at radius 3 is 3.05 bits per heavy atom. The summed E-state index contributed by atoms with van der Waals surface area (Å²) in [4.78, 5) is 15.2. The zero-order valence-electron chi connectivity index (χ0n) is 9.89. The fourth-order valence-corrected chi connectivity index (χ4v) is 1.86. The second-order valence-corrected chi connectivity index (χ2v) is 4.20. The molecule has 6 nitrogen and oxygen atoms in total. The number of amides is 1. The van der Waals surface area contributed by atoms with E-state index < -0.39 is 0 Å². The van der Waals surface area contributed by atoms with Crippen molar-refractivity contribution in [2.24, 2.45) is 0 Å². The van der Waals surface area contributed by atoms with Crippen molar-refractivity contribution < 1.29 is 13.7 Å². The number of aromatic nitrogens is 2. The number of carbonyl (C=O) groups excluding carboxylic acids is 1. The fraction of sp³-hybridized carbons (Fsp3) is 0.250. The van der Waals surface area contributed by atoms with Gasteiger partial charge in [0.1, 0.15) is 11.9 Å². The van der Waals surface area contributed by atoms with E-state index in [1.807, 2.05) is 0 Å². The lowest BCUT2D eigenvalue weighted by molar-refractivity contribution is -0.121. The average molecular weight is 262 g/mol. The van der Waals surface area contributed by atoms with Crippen LogP contribution in [0.2, 0.25) is 0 Å². The fourth-order valence-electron chi connectivity index (χ4n) is 1.86. The molecule has 1 aromatic heterocycles. The van der Waals surface area contributed by atoms with Crippen molar-refractivity contribution in [3.05, 3.63) is 36.0 Å². The quantitative estimate of drug-likeness (QED) is 0.830. The van der Waals surface area contributed by atoms with Crippen molar-refractivity contribution in [1.82, 2.24) is 20.8 Å². The van der Waals surface area contributed by atoms with Crippen LogP contribution in [-0.4, -0.2) is 29.1 Å². The van der Waals surface area contributed by atoms with E-state index in [1.54, 1.807) is 12.1 Å². The summed E-state index contributed by atoms with van der Waals surface area (Å²) in [7, 11) is 0. The molecule has 2 heterocycles. The van der Waals surface area contributed by atoms with Crippen LogP contribution < -0.4 is 10.6 Å². The Kier molecular flexibility index (Phi) is 2.96. The van der Waals surface area contributed by atoms with Crippen LogP contribution in [0, 0.1) is 5.82 Å². The molecule has 0 saturated carbocycles. The lowest BCUT2D eigenvalue weighted by Gasteiger charge is -2.20. The Morgan fingerprint density at radius 2 is 2.32 bits per heavy atom. The zero-order valence-corrected chi connectivity index (χ0v) is 9.89. The van der Waals surface area contributed by atoms with Gasteiger partial charge >= 0.3 is 0 Å². The van der Waals surface area contributed by atoms with Crippen LogP contribution in [0.5, 0.6) is 0 Å². The first-order valence-corrected chi connectivity index (χ1v) is 5.82. The Morgan fingerprint density at radius 1 is 1.42 bits per heavy atom. The van der Waals surface area contributed by atoms with E-state index in [0.29, 0.717) is 23.8 Å². The number of piperazine rings is 1. The molecule has 1 unspecified atom stereocenters.